The van der Waals surface area contributed by atoms with Gasteiger partial charge in [-0.3, -0.25) is 4.79 Å². The molecule has 1 heterocycles. The van der Waals surface area contributed by atoms with Crippen LogP contribution in [0, 0.1) is 0 Å². The van der Waals surface area contributed by atoms with Gasteiger partial charge in [-0.2, -0.15) is 0 Å². The first kappa shape index (κ1) is 20.5. The highest BCUT2D eigenvalue weighted by atomic mass is 35.5. The van der Waals surface area contributed by atoms with Crippen LogP contribution in [-0.4, -0.2) is 37.1 Å². The molecule has 8 nitrogen and oxygen atoms in total. The third-order valence-corrected chi connectivity index (χ3v) is 4.18. The van der Waals surface area contributed by atoms with Crippen LogP contribution in [0.1, 0.15) is 19.4 Å². The van der Waals surface area contributed by atoms with Gasteiger partial charge in [0.25, 0.3) is 5.91 Å². The van der Waals surface area contributed by atoms with Crippen molar-refractivity contribution in [3.8, 4) is 11.5 Å². The number of carbonyl (C=O) groups excluding carboxylic acids is 2. The number of anilines is 1. The minimum Gasteiger partial charge on any atom is -0.454 e. The second-order valence-electron chi connectivity index (χ2n) is 6.15. The lowest BCUT2D eigenvalue weighted by atomic mass is 10.1. The van der Waals surface area contributed by atoms with Crippen molar-refractivity contribution in [3.05, 3.63) is 53.1 Å². The van der Waals surface area contributed by atoms with E-state index in [1.165, 1.54) is 6.92 Å². The fourth-order valence-corrected chi connectivity index (χ4v) is 2.64. The van der Waals surface area contributed by atoms with Gasteiger partial charge in [0.15, 0.2) is 17.6 Å². The Morgan fingerprint density at radius 2 is 2.00 bits per heavy atom. The Balaban J connectivity index is 1.46. The molecule has 0 saturated carbocycles. The monoisotopic (exact) mass is 418 g/mol. The van der Waals surface area contributed by atoms with E-state index in [4.69, 9.17) is 30.6 Å². The molecule has 1 aliphatic rings. The zero-order valence-electron chi connectivity index (χ0n) is 15.8. The summed E-state index contributed by atoms with van der Waals surface area (Å²) in [5.74, 6) is 0.0775. The van der Waals surface area contributed by atoms with Crippen molar-refractivity contribution in [3.63, 3.8) is 0 Å². The number of benzene rings is 2. The highest BCUT2D eigenvalue weighted by molar-refractivity contribution is 6.30. The van der Waals surface area contributed by atoms with E-state index in [2.05, 4.69) is 10.5 Å². The fourth-order valence-electron chi connectivity index (χ4n) is 2.45. The Bertz CT molecular complexity index is 946. The number of nitrogens with one attached hydrogen (secondary N) is 1. The summed E-state index contributed by atoms with van der Waals surface area (Å²) in [6.07, 6.45) is -1.01. The predicted molar refractivity (Wildman–Crippen MR) is 106 cm³/mol. The van der Waals surface area contributed by atoms with Gasteiger partial charge in [0.05, 0.1) is 5.71 Å². The van der Waals surface area contributed by atoms with Crippen LogP contribution in [0.2, 0.25) is 5.02 Å². The van der Waals surface area contributed by atoms with Gasteiger partial charge in [0.2, 0.25) is 13.4 Å². The number of rotatable bonds is 7. The number of carbonyl (C=O) groups is 2. The summed E-state index contributed by atoms with van der Waals surface area (Å²) in [7, 11) is 0. The number of esters is 1. The molecular weight excluding hydrogens is 400 g/mol. The zero-order chi connectivity index (χ0) is 20.8. The lowest BCUT2D eigenvalue weighted by Crippen LogP contribution is -2.31. The Labute approximate surface area is 172 Å². The van der Waals surface area contributed by atoms with Crippen molar-refractivity contribution in [1.29, 1.82) is 0 Å². The number of hydrogen-bond donors (Lipinski definition) is 1. The summed E-state index contributed by atoms with van der Waals surface area (Å²) >= 11 is 5.87. The standard InChI is InChI=1S/C20H19ClN2O6/c1-12(14-6-7-17-18(8-14)27-11-26-17)23-28-10-19(24)29-13(2)20(25)22-16-5-3-4-15(21)9-16/h3-9,13H,10-11H2,1-2H3,(H,22,25)/b23-12-/t13-/m1/s1. The molecule has 0 saturated heterocycles. The lowest BCUT2D eigenvalue weighted by molar-refractivity contribution is -0.157. The maximum Gasteiger partial charge on any atom is 0.347 e. The molecule has 29 heavy (non-hydrogen) atoms. The average Bonchev–Trinajstić information content (AvgIpc) is 3.15. The van der Waals surface area contributed by atoms with Crippen molar-refractivity contribution in [2.45, 2.75) is 20.0 Å². The average molecular weight is 419 g/mol. The van der Waals surface area contributed by atoms with Gasteiger partial charge >= 0.3 is 5.97 Å². The molecule has 2 aromatic carbocycles. The van der Waals surface area contributed by atoms with E-state index in [0.717, 1.165) is 5.56 Å². The number of fused-ring (bicyclic) bond motifs is 1. The van der Waals surface area contributed by atoms with E-state index >= 15 is 0 Å². The molecule has 0 fully saturated rings. The van der Waals surface area contributed by atoms with Gasteiger partial charge in [-0.25, -0.2) is 4.79 Å². The molecule has 0 spiro atoms. The summed E-state index contributed by atoms with van der Waals surface area (Å²) in [6, 6.07) is 12.0. The minimum absolute atomic E-state index is 0.181. The van der Waals surface area contributed by atoms with Crippen LogP contribution in [0.25, 0.3) is 0 Å². The molecule has 1 N–H and O–H groups in total. The number of halogens is 1. The third kappa shape index (κ3) is 5.61. The van der Waals surface area contributed by atoms with E-state index in [-0.39, 0.29) is 6.79 Å². The van der Waals surface area contributed by atoms with Crippen LogP contribution in [0.3, 0.4) is 0 Å². The molecule has 152 valence electrons. The molecule has 9 heteroatoms. The van der Waals surface area contributed by atoms with Crippen molar-refractivity contribution >= 4 is 34.9 Å². The summed E-state index contributed by atoms with van der Waals surface area (Å²) in [4.78, 5) is 29.0. The van der Waals surface area contributed by atoms with E-state index < -0.39 is 24.6 Å². The van der Waals surface area contributed by atoms with Crippen LogP contribution < -0.4 is 14.8 Å². The van der Waals surface area contributed by atoms with Crippen molar-refractivity contribution in [2.75, 3.05) is 18.7 Å². The first-order valence-electron chi connectivity index (χ1n) is 8.75. The third-order valence-electron chi connectivity index (χ3n) is 3.94. The first-order valence-corrected chi connectivity index (χ1v) is 9.12. The molecule has 1 amide bonds. The Kier molecular flexibility index (Phi) is 6.56. The highest BCUT2D eigenvalue weighted by Gasteiger charge is 2.19. The predicted octanol–water partition coefficient (Wildman–Crippen LogP) is 3.38. The van der Waals surface area contributed by atoms with Crippen LogP contribution in [-0.2, 0) is 19.2 Å². The number of oxime groups is 1. The Morgan fingerprint density at radius 1 is 1.21 bits per heavy atom. The second-order valence-corrected chi connectivity index (χ2v) is 6.59. The molecule has 1 atom stereocenters. The van der Waals surface area contributed by atoms with Crippen molar-refractivity contribution < 1.29 is 28.6 Å². The van der Waals surface area contributed by atoms with Crippen molar-refractivity contribution in [1.82, 2.24) is 0 Å². The van der Waals surface area contributed by atoms with E-state index in [0.29, 0.717) is 27.9 Å². The summed E-state index contributed by atoms with van der Waals surface area (Å²) in [6.45, 7) is 2.93. The van der Waals surface area contributed by atoms with Crippen LogP contribution in [0.15, 0.2) is 47.6 Å². The molecule has 0 bridgehead atoms. The number of nitrogens with zero attached hydrogens (tertiary/aromatic N) is 1. The van der Waals surface area contributed by atoms with Gasteiger partial charge < -0.3 is 24.4 Å². The van der Waals surface area contributed by atoms with Crippen LogP contribution >= 0.6 is 11.6 Å². The van der Waals surface area contributed by atoms with Gasteiger partial charge in [-0.05, 0) is 50.2 Å². The quantitative estimate of drug-likeness (QED) is 0.420. The number of amides is 1. The Morgan fingerprint density at radius 3 is 2.79 bits per heavy atom. The van der Waals surface area contributed by atoms with E-state index in [1.54, 1.807) is 49.4 Å². The topological polar surface area (TPSA) is 95.5 Å². The summed E-state index contributed by atoms with van der Waals surface area (Å²) in [5, 5.41) is 6.99. The summed E-state index contributed by atoms with van der Waals surface area (Å²) < 4.78 is 15.6. The van der Waals surface area contributed by atoms with Gasteiger partial charge in [0, 0.05) is 16.3 Å². The normalized spacial score (nSPS) is 13.6. The smallest absolute Gasteiger partial charge is 0.347 e. The van der Waals surface area contributed by atoms with Gasteiger partial charge in [-0.1, -0.05) is 22.8 Å². The first-order chi connectivity index (χ1) is 13.9. The molecule has 2 aromatic rings. The van der Waals surface area contributed by atoms with Gasteiger partial charge in [0.1, 0.15) is 0 Å². The SMILES string of the molecule is C/C(=N/OCC(=O)O[C@H](C)C(=O)Nc1cccc(Cl)c1)c1ccc2c(c1)OCO2. The van der Waals surface area contributed by atoms with Crippen LogP contribution in [0.4, 0.5) is 5.69 Å². The molecule has 0 aliphatic carbocycles. The molecule has 1 aliphatic heterocycles. The largest absolute Gasteiger partial charge is 0.454 e. The second kappa shape index (κ2) is 9.29. The number of hydrogen-bond acceptors (Lipinski definition) is 7. The zero-order valence-corrected chi connectivity index (χ0v) is 16.6. The molecular formula is C20H19ClN2O6. The van der Waals surface area contributed by atoms with Crippen LogP contribution in [0.5, 0.6) is 11.5 Å². The molecule has 0 radical (unpaired) electrons. The minimum atomic E-state index is -1.01. The molecule has 0 unspecified atom stereocenters. The fraction of sp³-hybridized carbons (Fsp3) is 0.250. The lowest BCUT2D eigenvalue weighted by Gasteiger charge is -2.13. The maximum absolute atomic E-state index is 12.1. The molecule has 3 rings (SSSR count). The molecule has 0 aromatic heterocycles. The van der Waals surface area contributed by atoms with Gasteiger partial charge in [-0.15, -0.1) is 0 Å². The van der Waals surface area contributed by atoms with E-state index in [9.17, 15) is 9.59 Å². The van der Waals surface area contributed by atoms with Crippen molar-refractivity contribution in [2.24, 2.45) is 5.16 Å². The maximum atomic E-state index is 12.1. The number of ether oxygens (including phenoxy) is 3. The summed E-state index contributed by atoms with van der Waals surface area (Å²) in [5.41, 5.74) is 1.81. The van der Waals surface area contributed by atoms with E-state index in [1.807, 2.05) is 0 Å². The Hall–Kier alpha value is -3.26. The highest BCUT2D eigenvalue weighted by Crippen LogP contribution is 2.32.